The van der Waals surface area contributed by atoms with Crippen LogP contribution in [0.2, 0.25) is 10.0 Å². The highest BCUT2D eigenvalue weighted by Crippen LogP contribution is 2.35. The summed E-state index contributed by atoms with van der Waals surface area (Å²) in [5.41, 5.74) is 1.52. The number of aryl methyl sites for hydroxylation is 1. The van der Waals surface area contributed by atoms with Crippen molar-refractivity contribution in [2.75, 3.05) is 23.0 Å². The molecule has 0 heterocycles. The average Bonchev–Trinajstić information content (AvgIpc) is 2.61. The van der Waals surface area contributed by atoms with Crippen LogP contribution in [0.15, 0.2) is 36.4 Å². The Morgan fingerprint density at radius 1 is 1.18 bits per heavy atom. The minimum Gasteiger partial charge on any atom is -0.495 e. The minimum atomic E-state index is -3.83. The first-order chi connectivity index (χ1) is 13.1. The summed E-state index contributed by atoms with van der Waals surface area (Å²) in [6.45, 7) is 3.55. The molecule has 2 aromatic carbocycles. The molecule has 1 amide bonds. The number of hydrogen-bond donors (Lipinski definition) is 1. The predicted molar refractivity (Wildman–Crippen MR) is 114 cm³/mol. The van der Waals surface area contributed by atoms with Crippen molar-refractivity contribution in [1.82, 2.24) is 0 Å². The highest BCUT2D eigenvalue weighted by molar-refractivity contribution is 7.92. The largest absolute Gasteiger partial charge is 0.495 e. The number of methoxy groups -OCH3 is 1. The third-order valence-corrected chi connectivity index (χ3v) is 5.80. The molecule has 2 rings (SSSR count). The smallest absolute Gasteiger partial charge is 0.248 e. The molecule has 0 fully saturated rings. The number of sulfonamides is 1. The molecule has 0 aromatic heterocycles. The van der Waals surface area contributed by atoms with Gasteiger partial charge in [-0.25, -0.2) is 8.42 Å². The minimum absolute atomic E-state index is 0.197. The van der Waals surface area contributed by atoms with Gasteiger partial charge in [-0.3, -0.25) is 9.10 Å². The monoisotopic (exact) mass is 444 g/mol. The van der Waals surface area contributed by atoms with Crippen molar-refractivity contribution in [2.24, 2.45) is 0 Å². The van der Waals surface area contributed by atoms with E-state index in [0.717, 1.165) is 16.1 Å². The predicted octanol–water partition coefficient (Wildman–Crippen LogP) is 4.49. The summed E-state index contributed by atoms with van der Waals surface area (Å²) in [6, 6.07) is 8.69. The average molecular weight is 445 g/mol. The van der Waals surface area contributed by atoms with E-state index in [0.29, 0.717) is 21.5 Å². The van der Waals surface area contributed by atoms with E-state index in [-0.39, 0.29) is 12.1 Å². The molecular formula is C19H22Cl2N2O4S. The second kappa shape index (κ2) is 9.03. The van der Waals surface area contributed by atoms with Gasteiger partial charge in [0.25, 0.3) is 0 Å². The molecule has 6 nitrogen and oxygen atoms in total. The van der Waals surface area contributed by atoms with Crippen LogP contribution in [0.25, 0.3) is 0 Å². The fourth-order valence-corrected chi connectivity index (χ4v) is 4.36. The van der Waals surface area contributed by atoms with E-state index in [1.807, 2.05) is 6.92 Å². The summed E-state index contributed by atoms with van der Waals surface area (Å²) in [6.07, 6.45) is 1.27. The van der Waals surface area contributed by atoms with Gasteiger partial charge in [-0.2, -0.15) is 0 Å². The Labute approximate surface area is 175 Å². The number of ether oxygens (including phenoxy) is 1. The lowest BCUT2D eigenvalue weighted by molar-refractivity contribution is -0.117. The number of nitrogens with zero attached hydrogens (tertiary/aromatic N) is 1. The Balaban J connectivity index is 2.51. The van der Waals surface area contributed by atoms with E-state index >= 15 is 0 Å². The van der Waals surface area contributed by atoms with Gasteiger partial charge in [0.05, 0.1) is 19.1 Å². The summed E-state index contributed by atoms with van der Waals surface area (Å²) in [5.74, 6) is -0.194. The lowest BCUT2D eigenvalue weighted by Gasteiger charge is -2.31. The topological polar surface area (TPSA) is 75.7 Å². The summed E-state index contributed by atoms with van der Waals surface area (Å²) in [7, 11) is -2.41. The number of rotatable bonds is 7. The van der Waals surface area contributed by atoms with Crippen LogP contribution in [0, 0.1) is 6.92 Å². The van der Waals surface area contributed by atoms with Gasteiger partial charge in [-0.1, -0.05) is 36.2 Å². The SMILES string of the molecule is CC[C@@H](C(=O)Nc1cc(Cl)ccc1C)N(c1cc(Cl)ccc1OC)S(C)(=O)=O. The molecule has 152 valence electrons. The standard InChI is InChI=1S/C19H22Cl2N2O4S/c1-5-16(19(24)22-15-10-13(20)7-6-12(15)2)23(28(4,25)26)17-11-14(21)8-9-18(17)27-3/h6-11,16H,5H2,1-4H3,(H,22,24)/t16-/m0/s1. The Kier molecular flexibility index (Phi) is 7.20. The molecule has 0 aliphatic heterocycles. The van der Waals surface area contributed by atoms with Crippen molar-refractivity contribution in [3.05, 3.63) is 52.0 Å². The van der Waals surface area contributed by atoms with Crippen molar-refractivity contribution in [3.8, 4) is 5.75 Å². The van der Waals surface area contributed by atoms with Crippen molar-refractivity contribution >= 4 is 50.5 Å². The maximum absolute atomic E-state index is 13.0. The van der Waals surface area contributed by atoms with Gasteiger partial charge in [0.2, 0.25) is 15.9 Å². The van der Waals surface area contributed by atoms with Gasteiger partial charge < -0.3 is 10.1 Å². The molecule has 0 radical (unpaired) electrons. The van der Waals surface area contributed by atoms with Crippen LogP contribution in [0.1, 0.15) is 18.9 Å². The zero-order valence-corrected chi connectivity index (χ0v) is 18.3. The van der Waals surface area contributed by atoms with Crippen molar-refractivity contribution in [2.45, 2.75) is 26.3 Å². The number of halogens is 2. The molecule has 9 heteroatoms. The number of anilines is 2. The van der Waals surface area contributed by atoms with Gasteiger partial charge in [-0.15, -0.1) is 0 Å². The number of hydrogen-bond acceptors (Lipinski definition) is 4. The molecule has 0 aliphatic carbocycles. The molecule has 28 heavy (non-hydrogen) atoms. The van der Waals surface area contributed by atoms with E-state index in [4.69, 9.17) is 27.9 Å². The Hall–Kier alpha value is -1.96. The van der Waals surface area contributed by atoms with E-state index in [9.17, 15) is 13.2 Å². The normalized spacial score (nSPS) is 12.4. The van der Waals surface area contributed by atoms with Crippen molar-refractivity contribution < 1.29 is 17.9 Å². The molecule has 0 aliphatic rings. The van der Waals surface area contributed by atoms with Crippen LogP contribution < -0.4 is 14.4 Å². The number of amides is 1. The second-order valence-electron chi connectivity index (χ2n) is 6.25. The molecule has 1 N–H and O–H groups in total. The highest BCUT2D eigenvalue weighted by Gasteiger charge is 2.33. The lowest BCUT2D eigenvalue weighted by atomic mass is 10.1. The van der Waals surface area contributed by atoms with E-state index in [1.165, 1.54) is 13.2 Å². The van der Waals surface area contributed by atoms with Gasteiger partial charge in [0.1, 0.15) is 11.8 Å². The van der Waals surface area contributed by atoms with Crippen LogP contribution in [0.4, 0.5) is 11.4 Å². The van der Waals surface area contributed by atoms with Crippen molar-refractivity contribution in [3.63, 3.8) is 0 Å². The molecule has 0 bridgehead atoms. The number of benzene rings is 2. The highest BCUT2D eigenvalue weighted by atomic mass is 35.5. The van der Waals surface area contributed by atoms with Gasteiger partial charge in [0.15, 0.2) is 0 Å². The number of carbonyl (C=O) groups is 1. The summed E-state index contributed by atoms with van der Waals surface area (Å²) >= 11 is 12.1. The van der Waals surface area contributed by atoms with E-state index < -0.39 is 22.0 Å². The first-order valence-electron chi connectivity index (χ1n) is 8.48. The molecule has 1 atom stereocenters. The summed E-state index contributed by atoms with van der Waals surface area (Å²) < 4.78 is 31.6. The van der Waals surface area contributed by atoms with Crippen LogP contribution in [-0.2, 0) is 14.8 Å². The Bertz CT molecular complexity index is 980. The molecule has 0 unspecified atom stereocenters. The third-order valence-electron chi connectivity index (χ3n) is 4.17. The molecule has 0 saturated heterocycles. The molecule has 0 saturated carbocycles. The van der Waals surface area contributed by atoms with Crippen LogP contribution in [-0.4, -0.2) is 33.7 Å². The third kappa shape index (κ3) is 5.10. The second-order valence-corrected chi connectivity index (χ2v) is 8.98. The molecular weight excluding hydrogens is 423 g/mol. The number of carbonyl (C=O) groups excluding carboxylic acids is 1. The first-order valence-corrected chi connectivity index (χ1v) is 11.1. The van der Waals surface area contributed by atoms with Gasteiger partial charge in [0, 0.05) is 15.7 Å². The fourth-order valence-electron chi connectivity index (χ4n) is 2.82. The lowest BCUT2D eigenvalue weighted by Crippen LogP contribution is -2.47. The van der Waals surface area contributed by atoms with E-state index in [2.05, 4.69) is 5.32 Å². The molecule has 0 spiro atoms. The maximum atomic E-state index is 13.0. The van der Waals surface area contributed by atoms with E-state index in [1.54, 1.807) is 37.3 Å². The zero-order valence-electron chi connectivity index (χ0n) is 16.0. The van der Waals surface area contributed by atoms with Gasteiger partial charge in [-0.05, 0) is 49.2 Å². The van der Waals surface area contributed by atoms with Crippen LogP contribution in [0.5, 0.6) is 5.75 Å². The summed E-state index contributed by atoms with van der Waals surface area (Å²) in [4.78, 5) is 13.0. The first kappa shape index (κ1) is 22.3. The Morgan fingerprint density at radius 3 is 2.36 bits per heavy atom. The fraction of sp³-hybridized carbons (Fsp3) is 0.316. The van der Waals surface area contributed by atoms with Crippen molar-refractivity contribution in [1.29, 1.82) is 0 Å². The summed E-state index contributed by atoms with van der Waals surface area (Å²) in [5, 5.41) is 3.56. The number of nitrogens with one attached hydrogen (secondary N) is 1. The quantitative estimate of drug-likeness (QED) is 0.681. The van der Waals surface area contributed by atoms with Crippen LogP contribution in [0.3, 0.4) is 0 Å². The van der Waals surface area contributed by atoms with Crippen LogP contribution >= 0.6 is 23.2 Å². The maximum Gasteiger partial charge on any atom is 0.248 e. The molecule has 2 aromatic rings. The Morgan fingerprint density at radius 2 is 1.79 bits per heavy atom. The zero-order chi connectivity index (χ0) is 21.1. The van der Waals surface area contributed by atoms with Gasteiger partial charge >= 0.3 is 0 Å².